The van der Waals surface area contributed by atoms with Crippen LogP contribution in [0.15, 0.2) is 113 Å². The van der Waals surface area contributed by atoms with Crippen LogP contribution in [0.2, 0.25) is 0 Å². The van der Waals surface area contributed by atoms with E-state index in [1.807, 2.05) is 30.0 Å². The van der Waals surface area contributed by atoms with Gasteiger partial charge in [-0.25, -0.2) is 27.8 Å². The van der Waals surface area contributed by atoms with Crippen LogP contribution in [0.4, 0.5) is 13.2 Å². The molecule has 2 amide bonds. The molecular weight excluding hydrogens is 962 g/mol. The third-order valence-electron chi connectivity index (χ3n) is 10.8. The number of carbonyl (C=O) groups is 2. The van der Waals surface area contributed by atoms with Gasteiger partial charge in [0, 0.05) is 37.9 Å². The maximum Gasteiger partial charge on any atom is 0.573 e. The molecule has 67 heavy (non-hydrogen) atoms. The van der Waals surface area contributed by atoms with Crippen molar-refractivity contribution >= 4 is 55.0 Å². The SMILES string of the molecule is O=C(NO)C1(S(=O)(=O)c2ccc(OCCCSCc3cccc(OC(F)(F)F)c3)cc2)CCOCC1.O=C(NO)C1(S(=O)(=O)c2ccc(OCCCSCc3ccccc3)cc2)CCOCC1. The van der Waals surface area contributed by atoms with Crippen LogP contribution in [0, 0.1) is 0 Å². The molecular formula is C45H53F3N2O13S4. The van der Waals surface area contributed by atoms with Crippen molar-refractivity contribution in [3.8, 4) is 17.2 Å². The molecule has 15 nitrogen and oxygen atoms in total. The minimum Gasteiger partial charge on any atom is -0.494 e. The third-order valence-corrected chi connectivity index (χ3v) is 18.1. The second kappa shape index (κ2) is 25.2. The Balaban J connectivity index is 0.000000254. The summed E-state index contributed by atoms with van der Waals surface area (Å²) in [7, 11) is -8.13. The van der Waals surface area contributed by atoms with E-state index in [1.165, 1.54) is 82.9 Å². The van der Waals surface area contributed by atoms with E-state index in [4.69, 9.17) is 29.4 Å². The Morgan fingerprint density at radius 2 is 1.01 bits per heavy atom. The molecule has 22 heteroatoms. The van der Waals surface area contributed by atoms with Gasteiger partial charge in [0.25, 0.3) is 11.8 Å². The molecule has 4 aromatic carbocycles. The zero-order chi connectivity index (χ0) is 48.4. The number of benzene rings is 4. The lowest BCUT2D eigenvalue weighted by Crippen LogP contribution is -2.54. The average Bonchev–Trinajstić information content (AvgIpc) is 3.34. The summed E-state index contributed by atoms with van der Waals surface area (Å²) in [6.45, 7) is 1.32. The number of carbonyl (C=O) groups excluding carboxylic acids is 2. The fraction of sp³-hybridized carbons (Fsp3) is 0.422. The summed E-state index contributed by atoms with van der Waals surface area (Å²) in [5.41, 5.74) is 4.99. The molecule has 366 valence electrons. The largest absolute Gasteiger partial charge is 0.573 e. The summed E-state index contributed by atoms with van der Waals surface area (Å²) in [6.07, 6.45) is -3.37. The Hall–Kier alpha value is -4.55. The van der Waals surface area contributed by atoms with E-state index in [2.05, 4.69) is 16.9 Å². The second-order valence-electron chi connectivity index (χ2n) is 15.2. The number of halogens is 3. The van der Waals surface area contributed by atoms with E-state index in [0.29, 0.717) is 48.2 Å². The standard InChI is InChI=1S/C23H26F3NO7S2.C22H27NO6S2/c24-23(25,26)34-19-4-1-3-17(15-19)16-35-14-2-11-33-18-5-7-20(8-6-18)36(30,31)22(21(28)27-29)9-12-32-13-10-22;24-21(23-25)22(11-14-28-15-12-22)31(26,27)20-9-7-19(8-10-20)29-13-4-16-30-17-18-5-2-1-3-6-18/h1,3-8,15,29H,2,9-14,16H2,(H,27,28);1-3,5-10,25H,4,11-17H2,(H,23,24). The van der Waals surface area contributed by atoms with Gasteiger partial charge >= 0.3 is 6.36 Å². The number of nitrogens with one attached hydrogen (secondary N) is 2. The van der Waals surface area contributed by atoms with Gasteiger partial charge in [0.15, 0.2) is 29.2 Å². The maximum absolute atomic E-state index is 13.2. The zero-order valence-corrected chi connectivity index (χ0v) is 39.5. The Bertz CT molecular complexity index is 2400. The first-order valence-electron chi connectivity index (χ1n) is 21.1. The molecule has 6 rings (SSSR count). The molecule has 2 fully saturated rings. The quantitative estimate of drug-likeness (QED) is 0.0366. The topological polar surface area (TPSA) is 213 Å². The molecule has 2 aliphatic rings. The molecule has 4 aromatic rings. The van der Waals surface area contributed by atoms with Crippen LogP contribution in [0.5, 0.6) is 17.2 Å². The number of rotatable bonds is 21. The van der Waals surface area contributed by atoms with Gasteiger partial charge in [0.05, 0.1) is 23.0 Å². The Morgan fingerprint density at radius 1 is 0.597 bits per heavy atom. The van der Waals surface area contributed by atoms with Crippen molar-refractivity contribution in [2.24, 2.45) is 0 Å². The normalized spacial score (nSPS) is 15.8. The lowest BCUT2D eigenvalue weighted by Gasteiger charge is -2.34. The number of sulfone groups is 2. The molecule has 0 bridgehead atoms. The van der Waals surface area contributed by atoms with E-state index in [-0.39, 0.29) is 67.7 Å². The van der Waals surface area contributed by atoms with Crippen LogP contribution in [0.25, 0.3) is 0 Å². The van der Waals surface area contributed by atoms with Crippen LogP contribution in [-0.4, -0.2) is 106 Å². The minimum absolute atomic E-state index is 0.0133. The van der Waals surface area contributed by atoms with Crippen LogP contribution in [0.3, 0.4) is 0 Å². The molecule has 2 heterocycles. The lowest BCUT2D eigenvalue weighted by atomic mass is 9.98. The number of thioether (sulfide) groups is 2. The molecule has 4 N–H and O–H groups in total. The van der Waals surface area contributed by atoms with Crippen molar-refractivity contribution in [2.45, 2.75) is 75.7 Å². The monoisotopic (exact) mass is 1010 g/mol. The van der Waals surface area contributed by atoms with Gasteiger partial charge < -0.3 is 23.7 Å². The van der Waals surface area contributed by atoms with Gasteiger partial charge in [-0.15, -0.1) is 13.2 Å². The van der Waals surface area contributed by atoms with Crippen molar-refractivity contribution in [1.82, 2.24) is 11.0 Å². The predicted molar refractivity (Wildman–Crippen MR) is 245 cm³/mol. The molecule has 0 spiro atoms. The Kier molecular flexibility index (Phi) is 20.1. The smallest absolute Gasteiger partial charge is 0.494 e. The Morgan fingerprint density at radius 3 is 1.43 bits per heavy atom. The molecule has 0 saturated carbocycles. The maximum atomic E-state index is 13.2. The highest BCUT2D eigenvalue weighted by atomic mass is 32.2. The first-order valence-corrected chi connectivity index (χ1v) is 26.4. The molecule has 0 atom stereocenters. The first-order chi connectivity index (χ1) is 32.1. The summed E-state index contributed by atoms with van der Waals surface area (Å²) < 4.78 is 112. The Labute approximate surface area is 396 Å². The van der Waals surface area contributed by atoms with E-state index in [1.54, 1.807) is 18.2 Å². The van der Waals surface area contributed by atoms with Crippen molar-refractivity contribution in [3.63, 3.8) is 0 Å². The van der Waals surface area contributed by atoms with Crippen LogP contribution in [0.1, 0.15) is 49.7 Å². The minimum atomic E-state index is -4.73. The molecule has 0 aromatic heterocycles. The van der Waals surface area contributed by atoms with E-state index in [9.17, 15) is 39.6 Å². The molecule has 0 unspecified atom stereocenters. The van der Waals surface area contributed by atoms with Crippen molar-refractivity contribution in [2.75, 3.05) is 51.1 Å². The summed E-state index contributed by atoms with van der Waals surface area (Å²) >= 11 is 3.37. The number of hydrogen-bond acceptors (Lipinski definition) is 15. The predicted octanol–water partition coefficient (Wildman–Crippen LogP) is 7.33. The van der Waals surface area contributed by atoms with Gasteiger partial charge in [-0.05, 0) is 122 Å². The summed E-state index contributed by atoms with van der Waals surface area (Å²) in [6, 6.07) is 27.9. The van der Waals surface area contributed by atoms with E-state index < -0.39 is 47.3 Å². The van der Waals surface area contributed by atoms with Crippen molar-refractivity contribution < 1.29 is 73.7 Å². The number of alkyl halides is 3. The van der Waals surface area contributed by atoms with Gasteiger partial charge in [0.1, 0.15) is 17.2 Å². The van der Waals surface area contributed by atoms with Crippen molar-refractivity contribution in [3.05, 3.63) is 114 Å². The van der Waals surface area contributed by atoms with Crippen LogP contribution >= 0.6 is 23.5 Å². The average molecular weight is 1020 g/mol. The number of amides is 2. The van der Waals surface area contributed by atoms with Gasteiger partial charge in [-0.2, -0.15) is 23.5 Å². The first kappa shape index (κ1) is 53.4. The van der Waals surface area contributed by atoms with Crippen LogP contribution in [-0.2, 0) is 50.2 Å². The highest BCUT2D eigenvalue weighted by molar-refractivity contribution is 7.98. The summed E-state index contributed by atoms with van der Waals surface area (Å²) in [5, 5.41) is 18.2. The van der Waals surface area contributed by atoms with Gasteiger partial charge in [-0.1, -0.05) is 42.5 Å². The number of ether oxygens (including phenoxy) is 5. The van der Waals surface area contributed by atoms with E-state index >= 15 is 0 Å². The molecule has 0 radical (unpaired) electrons. The molecule has 2 aliphatic heterocycles. The van der Waals surface area contributed by atoms with Gasteiger partial charge in [-0.3, -0.25) is 20.0 Å². The summed E-state index contributed by atoms with van der Waals surface area (Å²) in [4.78, 5) is 24.5. The lowest BCUT2D eigenvalue weighted by molar-refractivity contribution is -0.274. The van der Waals surface area contributed by atoms with Gasteiger partial charge in [0.2, 0.25) is 0 Å². The fourth-order valence-corrected chi connectivity index (χ4v) is 12.9. The van der Waals surface area contributed by atoms with E-state index in [0.717, 1.165) is 17.9 Å². The molecule has 2 saturated heterocycles. The molecule has 0 aliphatic carbocycles. The number of hydrogen-bond donors (Lipinski definition) is 4. The third kappa shape index (κ3) is 14.5. The summed E-state index contributed by atoms with van der Waals surface area (Å²) in [5.74, 6) is 1.97. The zero-order valence-electron chi connectivity index (χ0n) is 36.3. The number of hydroxylamine groups is 2. The van der Waals surface area contributed by atoms with Crippen molar-refractivity contribution in [1.29, 1.82) is 0 Å². The van der Waals surface area contributed by atoms with Crippen LogP contribution < -0.4 is 25.2 Å². The second-order valence-corrected chi connectivity index (χ2v) is 22.0. The highest BCUT2D eigenvalue weighted by Crippen LogP contribution is 2.37. The highest BCUT2D eigenvalue weighted by Gasteiger charge is 2.53. The fourth-order valence-electron chi connectivity index (χ4n) is 7.21.